The van der Waals surface area contributed by atoms with Crippen molar-refractivity contribution >= 4 is 28.3 Å². The smallest absolute Gasteiger partial charge is 0.360 e. The minimum absolute atomic E-state index is 0.0160. The maximum Gasteiger partial charge on any atom is 0.360 e. The summed E-state index contributed by atoms with van der Waals surface area (Å²) in [5, 5.41) is 5.06. The Morgan fingerprint density at radius 2 is 1.59 bits per heavy atom. The van der Waals surface area contributed by atoms with E-state index in [1.165, 1.54) is 4.68 Å². The number of aromatic nitrogens is 2. The van der Waals surface area contributed by atoms with Crippen molar-refractivity contribution in [3.05, 3.63) is 100 Å². The van der Waals surface area contributed by atoms with Crippen LogP contribution in [0.4, 0.5) is 5.69 Å². The molecule has 1 aromatic heterocycles. The Hall–Kier alpha value is -4.26. The number of carbonyl (C=O) groups is 2. The van der Waals surface area contributed by atoms with E-state index in [4.69, 9.17) is 4.74 Å². The van der Waals surface area contributed by atoms with Gasteiger partial charge in [-0.1, -0.05) is 54.6 Å². The van der Waals surface area contributed by atoms with Crippen LogP contribution in [-0.2, 0) is 16.0 Å². The van der Waals surface area contributed by atoms with Crippen LogP contribution in [0.1, 0.15) is 29.4 Å². The highest BCUT2D eigenvalue weighted by Crippen LogP contribution is 2.27. The summed E-state index contributed by atoms with van der Waals surface area (Å²) >= 11 is 0. The van der Waals surface area contributed by atoms with Crippen LogP contribution < -0.4 is 10.5 Å². The molecule has 1 atom stereocenters. The molecule has 0 aliphatic carbocycles. The van der Waals surface area contributed by atoms with Gasteiger partial charge in [0, 0.05) is 17.6 Å². The molecule has 4 aromatic rings. The normalized spacial score (nSPS) is 13.9. The Balaban J connectivity index is 1.48. The number of rotatable bonds is 4. The molecule has 0 fully saturated rings. The van der Waals surface area contributed by atoms with Crippen LogP contribution in [0.2, 0.25) is 0 Å². The van der Waals surface area contributed by atoms with Crippen molar-refractivity contribution in [2.45, 2.75) is 25.9 Å². The van der Waals surface area contributed by atoms with E-state index < -0.39 is 12.1 Å². The van der Waals surface area contributed by atoms with Crippen molar-refractivity contribution < 1.29 is 14.3 Å². The molecular weight excluding hydrogens is 430 g/mol. The maximum atomic E-state index is 13.2. The third-order valence-corrected chi connectivity index (χ3v) is 6.01. The molecule has 1 aliphatic heterocycles. The predicted octanol–water partition coefficient (Wildman–Crippen LogP) is 3.91. The Bertz CT molecular complexity index is 1450. The zero-order valence-electron chi connectivity index (χ0n) is 18.7. The Labute approximate surface area is 196 Å². The first-order valence-electron chi connectivity index (χ1n) is 11.2. The van der Waals surface area contributed by atoms with Crippen LogP contribution in [0.25, 0.3) is 16.5 Å². The van der Waals surface area contributed by atoms with E-state index in [-0.39, 0.29) is 17.2 Å². The summed E-state index contributed by atoms with van der Waals surface area (Å²) < 4.78 is 6.78. The van der Waals surface area contributed by atoms with E-state index in [9.17, 15) is 14.4 Å². The number of aryl methyl sites for hydroxylation is 1. The number of para-hydroxylation sites is 2. The van der Waals surface area contributed by atoms with Crippen molar-refractivity contribution in [2.75, 3.05) is 11.4 Å². The third-order valence-electron chi connectivity index (χ3n) is 6.01. The molecular formula is C27H23N3O4. The lowest BCUT2D eigenvalue weighted by molar-refractivity contribution is -0.126. The molecule has 1 aliphatic rings. The average molecular weight is 453 g/mol. The molecule has 0 saturated carbocycles. The molecule has 1 unspecified atom stereocenters. The van der Waals surface area contributed by atoms with Gasteiger partial charge in [-0.15, -0.1) is 0 Å². The summed E-state index contributed by atoms with van der Waals surface area (Å²) in [6.07, 6.45) is 0.735. The van der Waals surface area contributed by atoms with Crippen molar-refractivity contribution in [2.24, 2.45) is 0 Å². The molecule has 7 nitrogen and oxygen atoms in total. The van der Waals surface area contributed by atoms with Crippen molar-refractivity contribution in [1.29, 1.82) is 0 Å². The number of anilines is 1. The SMILES string of the molecule is CC(OC(=O)c1nn(-c2ccccc2)c(=O)c2ccccc12)C(=O)N1CCCc2ccccc21. The summed E-state index contributed by atoms with van der Waals surface area (Å²) in [7, 11) is 0. The topological polar surface area (TPSA) is 81.5 Å². The van der Waals surface area contributed by atoms with Gasteiger partial charge in [0.25, 0.3) is 11.5 Å². The molecule has 7 heteroatoms. The van der Waals surface area contributed by atoms with E-state index in [2.05, 4.69) is 5.10 Å². The van der Waals surface area contributed by atoms with E-state index >= 15 is 0 Å². The Kier molecular flexibility index (Phi) is 5.67. The molecule has 0 bridgehead atoms. The standard InChI is InChI=1S/C27H23N3O4/c1-18(25(31)29-17-9-11-19-10-5-8-16-23(19)29)34-27(33)24-21-14-6-7-15-22(21)26(32)30(28-24)20-12-3-2-4-13-20/h2-8,10,12-16,18H,9,11,17H2,1H3. The number of ether oxygens (including phenoxy) is 1. The highest BCUT2D eigenvalue weighted by Gasteiger charge is 2.30. The molecule has 0 radical (unpaired) electrons. The van der Waals surface area contributed by atoms with Gasteiger partial charge in [-0.05, 0) is 49.6 Å². The van der Waals surface area contributed by atoms with Gasteiger partial charge in [0.2, 0.25) is 0 Å². The monoisotopic (exact) mass is 453 g/mol. The molecule has 3 aromatic carbocycles. The lowest BCUT2D eigenvalue weighted by Crippen LogP contribution is -2.43. The summed E-state index contributed by atoms with van der Waals surface area (Å²) in [6.45, 7) is 2.13. The van der Waals surface area contributed by atoms with Gasteiger partial charge in [-0.2, -0.15) is 9.78 Å². The molecule has 0 spiro atoms. The van der Waals surface area contributed by atoms with E-state index in [1.54, 1.807) is 60.4 Å². The van der Waals surface area contributed by atoms with Gasteiger partial charge < -0.3 is 9.64 Å². The van der Waals surface area contributed by atoms with Crippen LogP contribution >= 0.6 is 0 Å². The van der Waals surface area contributed by atoms with Crippen LogP contribution in [0.15, 0.2) is 83.7 Å². The van der Waals surface area contributed by atoms with Gasteiger partial charge in [0.05, 0.1) is 11.1 Å². The second-order valence-corrected chi connectivity index (χ2v) is 8.22. The molecule has 34 heavy (non-hydrogen) atoms. The van der Waals surface area contributed by atoms with Crippen molar-refractivity contribution in [1.82, 2.24) is 9.78 Å². The summed E-state index contributed by atoms with van der Waals surface area (Å²) in [4.78, 5) is 41.2. The fourth-order valence-electron chi connectivity index (χ4n) is 4.33. The number of amides is 1. The number of esters is 1. The van der Waals surface area contributed by atoms with E-state index in [1.807, 2.05) is 30.3 Å². The zero-order chi connectivity index (χ0) is 23.7. The van der Waals surface area contributed by atoms with Gasteiger partial charge in [0.1, 0.15) is 0 Å². The van der Waals surface area contributed by atoms with Crippen molar-refractivity contribution in [3.63, 3.8) is 0 Å². The summed E-state index contributed by atoms with van der Waals surface area (Å²) in [6, 6.07) is 23.4. The largest absolute Gasteiger partial charge is 0.448 e. The van der Waals surface area contributed by atoms with Gasteiger partial charge in [-0.25, -0.2) is 4.79 Å². The first kappa shape index (κ1) is 21.6. The number of carbonyl (C=O) groups excluding carboxylic acids is 2. The second-order valence-electron chi connectivity index (χ2n) is 8.22. The maximum absolute atomic E-state index is 13.2. The Morgan fingerprint density at radius 3 is 2.38 bits per heavy atom. The van der Waals surface area contributed by atoms with E-state index in [0.29, 0.717) is 23.0 Å². The summed E-state index contributed by atoms with van der Waals surface area (Å²) in [5.41, 5.74) is 2.12. The lowest BCUT2D eigenvalue weighted by Gasteiger charge is -2.31. The van der Waals surface area contributed by atoms with Crippen molar-refractivity contribution in [3.8, 4) is 5.69 Å². The molecule has 5 rings (SSSR count). The van der Waals surface area contributed by atoms with Gasteiger partial charge in [0.15, 0.2) is 11.8 Å². The Morgan fingerprint density at radius 1 is 0.912 bits per heavy atom. The lowest BCUT2D eigenvalue weighted by atomic mass is 10.0. The van der Waals surface area contributed by atoms with Gasteiger partial charge >= 0.3 is 5.97 Å². The number of fused-ring (bicyclic) bond motifs is 2. The first-order chi connectivity index (χ1) is 16.5. The second kappa shape index (κ2) is 8.94. The minimum atomic E-state index is -1.02. The number of nitrogens with zero attached hydrogens (tertiary/aromatic N) is 3. The summed E-state index contributed by atoms with van der Waals surface area (Å²) in [5.74, 6) is -1.05. The van der Waals surface area contributed by atoms with Crippen LogP contribution in [-0.4, -0.2) is 34.3 Å². The fraction of sp³-hybridized carbons (Fsp3) is 0.185. The third kappa shape index (κ3) is 3.85. The minimum Gasteiger partial charge on any atom is -0.448 e. The quantitative estimate of drug-likeness (QED) is 0.438. The number of hydrogen-bond donors (Lipinski definition) is 0. The molecule has 1 amide bonds. The molecule has 0 saturated heterocycles. The van der Waals surface area contributed by atoms with Crippen LogP contribution in [0.5, 0.6) is 0 Å². The zero-order valence-corrected chi connectivity index (χ0v) is 18.7. The highest BCUT2D eigenvalue weighted by atomic mass is 16.5. The molecule has 2 heterocycles. The highest BCUT2D eigenvalue weighted by molar-refractivity contribution is 6.04. The molecule has 0 N–H and O–H groups in total. The first-order valence-corrected chi connectivity index (χ1v) is 11.2. The van der Waals surface area contributed by atoms with E-state index in [0.717, 1.165) is 24.1 Å². The van der Waals surface area contributed by atoms with Crippen LogP contribution in [0, 0.1) is 0 Å². The average Bonchev–Trinajstić information content (AvgIpc) is 2.88. The fourth-order valence-corrected chi connectivity index (χ4v) is 4.33. The van der Waals surface area contributed by atoms with Gasteiger partial charge in [-0.3, -0.25) is 9.59 Å². The number of hydrogen-bond acceptors (Lipinski definition) is 5. The number of benzene rings is 3. The predicted molar refractivity (Wildman–Crippen MR) is 129 cm³/mol. The molecule has 170 valence electrons. The van der Waals surface area contributed by atoms with Crippen LogP contribution in [0.3, 0.4) is 0 Å².